The number of rotatable bonds is 11. The van der Waals surface area contributed by atoms with E-state index in [1.165, 1.54) is 21.8 Å². The van der Waals surface area contributed by atoms with Gasteiger partial charge in [-0.05, 0) is 56.5 Å². The molecule has 9 nitrogen and oxygen atoms in total. The summed E-state index contributed by atoms with van der Waals surface area (Å²) in [6.07, 6.45) is 1.99. The first-order valence-electron chi connectivity index (χ1n) is 13.6. The molecule has 1 saturated heterocycles. The predicted octanol–water partition coefficient (Wildman–Crippen LogP) is 3.96. The van der Waals surface area contributed by atoms with Crippen molar-refractivity contribution in [1.82, 2.24) is 20.1 Å². The highest BCUT2D eigenvalue weighted by atomic mass is 32.1. The zero-order valence-corrected chi connectivity index (χ0v) is 24.1. The second-order valence-electron chi connectivity index (χ2n) is 10.2. The molecular weight excluding hydrogens is 526 g/mol. The third-order valence-electron chi connectivity index (χ3n) is 6.88. The number of piperidine rings is 1. The van der Waals surface area contributed by atoms with Crippen LogP contribution in [0.15, 0.2) is 60.0 Å². The Hall–Kier alpha value is -3.76. The van der Waals surface area contributed by atoms with Crippen LogP contribution in [-0.4, -0.2) is 71.3 Å². The van der Waals surface area contributed by atoms with Gasteiger partial charge < -0.3 is 20.3 Å². The smallest absolute Gasteiger partial charge is 0.254 e. The molecule has 0 bridgehead atoms. The minimum Gasteiger partial charge on any atom is -0.497 e. The number of methoxy groups -OCH3 is 1. The molecule has 3 amide bonds. The molecule has 2 aromatic carbocycles. The van der Waals surface area contributed by atoms with Crippen LogP contribution in [-0.2, 0) is 22.6 Å². The van der Waals surface area contributed by atoms with Gasteiger partial charge in [0.25, 0.3) is 5.91 Å². The molecule has 0 spiro atoms. The van der Waals surface area contributed by atoms with Gasteiger partial charge in [-0.1, -0.05) is 30.3 Å². The van der Waals surface area contributed by atoms with Crippen molar-refractivity contribution in [3.63, 3.8) is 0 Å². The van der Waals surface area contributed by atoms with Crippen LogP contribution in [0.5, 0.6) is 5.75 Å². The highest BCUT2D eigenvalue weighted by Crippen LogP contribution is 2.18. The summed E-state index contributed by atoms with van der Waals surface area (Å²) in [7, 11) is 1.56. The number of likely N-dealkylation sites (tertiary alicyclic amines) is 1. The van der Waals surface area contributed by atoms with Crippen molar-refractivity contribution >= 4 is 34.2 Å². The van der Waals surface area contributed by atoms with Gasteiger partial charge in [0.2, 0.25) is 11.8 Å². The van der Waals surface area contributed by atoms with Gasteiger partial charge in [0.05, 0.1) is 19.2 Å². The predicted molar refractivity (Wildman–Crippen MR) is 156 cm³/mol. The number of nitrogens with one attached hydrogen (secondary N) is 2. The average molecular weight is 564 g/mol. The topological polar surface area (TPSA) is 104 Å². The first kappa shape index (κ1) is 29.2. The third kappa shape index (κ3) is 8.37. The van der Waals surface area contributed by atoms with Crippen molar-refractivity contribution in [3.8, 4) is 5.75 Å². The summed E-state index contributed by atoms with van der Waals surface area (Å²) in [6.45, 7) is 6.44. The SMILES string of the molecule is COc1ccc(C(=O)N(CC(=O)Nc2nc(CC(=O)NC3CCN(Cc4ccccc4)CC3)cs2)C(C)C)cc1. The first-order valence-corrected chi connectivity index (χ1v) is 14.4. The van der Waals surface area contributed by atoms with E-state index in [9.17, 15) is 14.4 Å². The fourth-order valence-electron chi connectivity index (χ4n) is 4.67. The number of anilines is 1. The van der Waals surface area contributed by atoms with Gasteiger partial charge in [0.15, 0.2) is 5.13 Å². The molecule has 2 heterocycles. The molecule has 1 fully saturated rings. The van der Waals surface area contributed by atoms with Gasteiger partial charge in [0, 0.05) is 42.7 Å². The molecule has 4 rings (SSSR count). The Labute approximate surface area is 239 Å². The number of carbonyl (C=O) groups is 3. The summed E-state index contributed by atoms with van der Waals surface area (Å²) in [4.78, 5) is 46.8. The lowest BCUT2D eigenvalue weighted by Crippen LogP contribution is -2.44. The Balaban J connectivity index is 1.22. The Morgan fingerprint density at radius 2 is 1.75 bits per heavy atom. The van der Waals surface area contributed by atoms with E-state index in [-0.39, 0.29) is 42.8 Å². The van der Waals surface area contributed by atoms with Crippen LogP contribution in [0.3, 0.4) is 0 Å². The normalized spacial score (nSPS) is 14.1. The molecule has 40 heavy (non-hydrogen) atoms. The van der Waals surface area contributed by atoms with Gasteiger partial charge in [-0.15, -0.1) is 11.3 Å². The quantitative estimate of drug-likeness (QED) is 0.366. The summed E-state index contributed by atoms with van der Waals surface area (Å²) in [5, 5.41) is 8.09. The number of carbonyl (C=O) groups excluding carboxylic acids is 3. The minimum atomic E-state index is -0.344. The summed E-state index contributed by atoms with van der Waals surface area (Å²) in [5.41, 5.74) is 2.39. The van der Waals surface area contributed by atoms with E-state index < -0.39 is 0 Å². The number of thiazole rings is 1. The molecule has 1 aromatic heterocycles. The van der Waals surface area contributed by atoms with Crippen molar-refractivity contribution in [2.24, 2.45) is 0 Å². The number of ether oxygens (including phenoxy) is 1. The Kier molecular flexibility index (Phi) is 10.3. The molecule has 0 saturated carbocycles. The lowest BCUT2D eigenvalue weighted by Gasteiger charge is -2.32. The van der Waals surface area contributed by atoms with E-state index in [0.717, 1.165) is 32.5 Å². The van der Waals surface area contributed by atoms with E-state index in [0.29, 0.717) is 22.1 Å². The van der Waals surface area contributed by atoms with Crippen LogP contribution in [0.4, 0.5) is 5.13 Å². The molecule has 10 heteroatoms. The average Bonchev–Trinajstić information content (AvgIpc) is 3.39. The fraction of sp³-hybridized carbons (Fsp3) is 0.400. The maximum absolute atomic E-state index is 13.0. The molecular formula is C30H37N5O4S. The highest BCUT2D eigenvalue weighted by molar-refractivity contribution is 7.13. The van der Waals surface area contributed by atoms with Crippen LogP contribution in [0.2, 0.25) is 0 Å². The fourth-order valence-corrected chi connectivity index (χ4v) is 5.39. The molecule has 0 radical (unpaired) electrons. The van der Waals surface area contributed by atoms with Gasteiger partial charge in [-0.2, -0.15) is 0 Å². The van der Waals surface area contributed by atoms with Gasteiger partial charge >= 0.3 is 0 Å². The van der Waals surface area contributed by atoms with Crippen molar-refractivity contribution < 1.29 is 19.1 Å². The molecule has 212 valence electrons. The second-order valence-corrected chi connectivity index (χ2v) is 11.1. The van der Waals surface area contributed by atoms with Crippen molar-refractivity contribution in [2.75, 3.05) is 32.1 Å². The number of amides is 3. The second kappa shape index (κ2) is 14.0. The van der Waals surface area contributed by atoms with E-state index in [2.05, 4.69) is 44.8 Å². The molecule has 1 aliphatic heterocycles. The zero-order chi connectivity index (χ0) is 28.5. The van der Waals surface area contributed by atoms with Gasteiger partial charge in [-0.25, -0.2) is 4.98 Å². The maximum Gasteiger partial charge on any atom is 0.254 e. The zero-order valence-electron chi connectivity index (χ0n) is 23.3. The number of hydrogen-bond donors (Lipinski definition) is 2. The Bertz CT molecular complexity index is 1270. The molecule has 2 N–H and O–H groups in total. The van der Waals surface area contributed by atoms with Crippen molar-refractivity contribution in [3.05, 3.63) is 76.8 Å². The summed E-state index contributed by atoms with van der Waals surface area (Å²) < 4.78 is 5.15. The summed E-state index contributed by atoms with van der Waals surface area (Å²) in [5.74, 6) is 0.00185. The molecule has 0 atom stereocenters. The molecule has 3 aromatic rings. The van der Waals surface area contributed by atoms with Crippen molar-refractivity contribution in [2.45, 2.75) is 51.7 Å². The monoisotopic (exact) mass is 563 g/mol. The highest BCUT2D eigenvalue weighted by Gasteiger charge is 2.23. The van der Waals surface area contributed by atoms with E-state index in [4.69, 9.17) is 4.74 Å². The van der Waals surface area contributed by atoms with Crippen LogP contribution in [0, 0.1) is 0 Å². The number of hydrogen-bond acceptors (Lipinski definition) is 7. The van der Waals surface area contributed by atoms with Gasteiger partial charge in [0.1, 0.15) is 12.3 Å². The minimum absolute atomic E-state index is 0.0687. The number of benzene rings is 2. The van der Waals surface area contributed by atoms with Crippen LogP contribution in [0.1, 0.15) is 48.3 Å². The Morgan fingerprint density at radius 3 is 2.40 bits per heavy atom. The number of aromatic nitrogens is 1. The largest absolute Gasteiger partial charge is 0.497 e. The summed E-state index contributed by atoms with van der Waals surface area (Å²) >= 11 is 1.26. The standard InChI is InChI=1S/C30H37N5O4S/c1-21(2)35(29(38)23-9-11-26(39-3)12-10-23)19-28(37)33-30-32-25(20-40-30)17-27(36)31-24-13-15-34(16-14-24)18-22-7-5-4-6-8-22/h4-12,20-21,24H,13-19H2,1-3H3,(H,31,36)(H,32,33,37). The van der Waals surface area contributed by atoms with E-state index in [1.807, 2.05) is 19.9 Å². The summed E-state index contributed by atoms with van der Waals surface area (Å²) in [6, 6.07) is 17.2. The molecule has 0 aliphatic carbocycles. The maximum atomic E-state index is 13.0. The Morgan fingerprint density at radius 1 is 1.05 bits per heavy atom. The van der Waals surface area contributed by atoms with Crippen LogP contribution >= 0.6 is 11.3 Å². The molecule has 1 aliphatic rings. The van der Waals surface area contributed by atoms with E-state index >= 15 is 0 Å². The molecule has 0 unspecified atom stereocenters. The first-order chi connectivity index (χ1) is 19.3. The van der Waals surface area contributed by atoms with Crippen LogP contribution < -0.4 is 15.4 Å². The van der Waals surface area contributed by atoms with Crippen LogP contribution in [0.25, 0.3) is 0 Å². The lowest BCUT2D eigenvalue weighted by atomic mass is 10.0. The van der Waals surface area contributed by atoms with Gasteiger partial charge in [-0.3, -0.25) is 19.3 Å². The third-order valence-corrected chi connectivity index (χ3v) is 7.68. The van der Waals surface area contributed by atoms with E-state index in [1.54, 1.807) is 36.8 Å². The lowest BCUT2D eigenvalue weighted by molar-refractivity contribution is -0.121. The van der Waals surface area contributed by atoms with Crippen molar-refractivity contribution in [1.29, 1.82) is 0 Å². The number of nitrogens with zero attached hydrogens (tertiary/aromatic N) is 3.